The Morgan fingerprint density at radius 1 is 1.22 bits per heavy atom. The third-order valence-electron chi connectivity index (χ3n) is 7.31. The van der Waals surface area contributed by atoms with Crippen LogP contribution in [0.25, 0.3) is 0 Å². The molecular weight excluding hydrogens is 454 g/mol. The van der Waals surface area contributed by atoms with Crippen LogP contribution >= 0.6 is 23.2 Å². The molecule has 2 aromatic carbocycles. The van der Waals surface area contributed by atoms with E-state index in [-0.39, 0.29) is 23.1 Å². The molecule has 3 atom stereocenters. The molecule has 1 amide bonds. The van der Waals surface area contributed by atoms with Crippen molar-refractivity contribution in [2.45, 2.75) is 55.5 Å². The lowest BCUT2D eigenvalue weighted by molar-refractivity contribution is -0.145. The molecule has 2 fully saturated rings. The van der Waals surface area contributed by atoms with Crippen LogP contribution in [0.5, 0.6) is 0 Å². The minimum Gasteiger partial charge on any atom is -0.465 e. The molecule has 0 radical (unpaired) electrons. The topological polar surface area (TPSA) is 67.4 Å². The number of fused-ring (bicyclic) bond motifs is 3. The average molecular weight is 477 g/mol. The van der Waals surface area contributed by atoms with Crippen LogP contribution in [0.4, 0.5) is 10.1 Å². The number of ether oxygens (including phenoxy) is 1. The van der Waals surface area contributed by atoms with Crippen LogP contribution in [-0.2, 0) is 19.7 Å². The number of anilines is 1. The van der Waals surface area contributed by atoms with Crippen molar-refractivity contribution in [2.75, 3.05) is 11.9 Å². The number of benzene rings is 2. The number of carbonyl (C=O) groups is 2. The zero-order chi connectivity index (χ0) is 22.7. The fraction of sp³-hybridized carbons (Fsp3) is 0.417. The van der Waals surface area contributed by atoms with Crippen molar-refractivity contribution < 1.29 is 18.7 Å². The van der Waals surface area contributed by atoms with Gasteiger partial charge in [-0.05, 0) is 49.1 Å². The average Bonchev–Trinajstić information content (AvgIpc) is 3.42. The first-order valence-electron chi connectivity index (χ1n) is 10.9. The molecule has 0 aromatic heterocycles. The van der Waals surface area contributed by atoms with Crippen LogP contribution in [0.1, 0.15) is 49.7 Å². The van der Waals surface area contributed by atoms with Gasteiger partial charge in [0.25, 0.3) is 0 Å². The van der Waals surface area contributed by atoms with Gasteiger partial charge in [0.15, 0.2) is 0 Å². The lowest BCUT2D eigenvalue weighted by atomic mass is 9.58. The van der Waals surface area contributed by atoms with Gasteiger partial charge < -0.3 is 10.1 Å². The Labute approximate surface area is 195 Å². The van der Waals surface area contributed by atoms with Crippen molar-refractivity contribution in [1.82, 2.24) is 5.32 Å². The Bertz CT molecular complexity index is 1120. The highest BCUT2D eigenvalue weighted by Crippen LogP contribution is 2.63. The molecule has 1 aliphatic carbocycles. The fourth-order valence-corrected chi connectivity index (χ4v) is 6.61. The standard InChI is InChI=1S/C24H23Cl2FN2O3/c1-2-32-21(30)20-18(14-6-5-7-16(26)19(14)27)24(23(29-20)10-3-4-11-23)15-9-8-13(25)12-17(15)28-22(24)31/h5-9,12,18,20,29H,2-4,10-11H2,1H3,(H,28,31)/t18-,20?,24+/m0/s1. The first-order valence-corrected chi connectivity index (χ1v) is 11.6. The number of hydrogen-bond donors (Lipinski definition) is 2. The Morgan fingerprint density at radius 3 is 2.69 bits per heavy atom. The van der Waals surface area contributed by atoms with E-state index in [1.54, 1.807) is 31.2 Å². The first kappa shape index (κ1) is 21.7. The number of rotatable bonds is 3. The number of halogens is 3. The van der Waals surface area contributed by atoms with Crippen molar-refractivity contribution in [3.8, 4) is 0 Å². The maximum atomic E-state index is 15.5. The van der Waals surface area contributed by atoms with E-state index in [0.717, 1.165) is 18.4 Å². The molecule has 5 nitrogen and oxygen atoms in total. The second-order valence-corrected chi connectivity index (χ2v) is 9.58. The zero-order valence-electron chi connectivity index (χ0n) is 17.5. The minimum atomic E-state index is -1.22. The van der Waals surface area contributed by atoms with Gasteiger partial charge in [-0.25, -0.2) is 4.39 Å². The second kappa shape index (κ2) is 7.72. The molecule has 32 heavy (non-hydrogen) atoms. The number of carbonyl (C=O) groups excluding carboxylic acids is 2. The molecule has 0 bridgehead atoms. The van der Waals surface area contributed by atoms with E-state index in [4.69, 9.17) is 27.9 Å². The summed E-state index contributed by atoms with van der Waals surface area (Å²) in [7, 11) is 0. The Balaban J connectivity index is 1.83. The molecule has 2 N–H and O–H groups in total. The van der Waals surface area contributed by atoms with E-state index in [2.05, 4.69) is 10.6 Å². The van der Waals surface area contributed by atoms with Crippen LogP contribution < -0.4 is 10.6 Å². The molecule has 1 saturated carbocycles. The third kappa shape index (κ3) is 2.79. The molecule has 2 heterocycles. The molecule has 1 saturated heterocycles. The van der Waals surface area contributed by atoms with Crippen molar-refractivity contribution in [3.63, 3.8) is 0 Å². The van der Waals surface area contributed by atoms with Gasteiger partial charge in [-0.3, -0.25) is 14.9 Å². The summed E-state index contributed by atoms with van der Waals surface area (Å²) in [6, 6.07) is 9.06. The summed E-state index contributed by atoms with van der Waals surface area (Å²) < 4.78 is 20.9. The van der Waals surface area contributed by atoms with Gasteiger partial charge in [0, 0.05) is 22.2 Å². The second-order valence-electron chi connectivity index (χ2n) is 8.74. The third-order valence-corrected chi connectivity index (χ3v) is 7.84. The minimum absolute atomic E-state index is 0.0534. The lowest BCUT2D eigenvalue weighted by Gasteiger charge is -2.42. The summed E-state index contributed by atoms with van der Waals surface area (Å²) in [6.07, 6.45) is 3.14. The van der Waals surface area contributed by atoms with Crippen LogP contribution in [0.2, 0.25) is 10.0 Å². The molecule has 2 aromatic rings. The maximum absolute atomic E-state index is 15.5. The van der Waals surface area contributed by atoms with Gasteiger partial charge in [0.1, 0.15) is 17.3 Å². The monoisotopic (exact) mass is 476 g/mol. The van der Waals surface area contributed by atoms with E-state index in [9.17, 15) is 9.59 Å². The van der Waals surface area contributed by atoms with Crippen LogP contribution in [0.3, 0.4) is 0 Å². The van der Waals surface area contributed by atoms with E-state index in [1.165, 1.54) is 6.07 Å². The van der Waals surface area contributed by atoms with Gasteiger partial charge >= 0.3 is 5.97 Å². The molecular formula is C24H23Cl2FN2O3. The lowest BCUT2D eigenvalue weighted by Crippen LogP contribution is -2.57. The molecule has 3 aliphatic rings. The van der Waals surface area contributed by atoms with Crippen LogP contribution in [0.15, 0.2) is 36.4 Å². The number of hydrogen-bond acceptors (Lipinski definition) is 4. The number of amides is 1. The first-order chi connectivity index (χ1) is 15.4. The molecule has 5 rings (SSSR count). The van der Waals surface area contributed by atoms with Crippen LogP contribution in [-0.4, -0.2) is 30.1 Å². The van der Waals surface area contributed by atoms with E-state index < -0.39 is 34.7 Å². The Morgan fingerprint density at radius 2 is 1.97 bits per heavy atom. The molecule has 8 heteroatoms. The van der Waals surface area contributed by atoms with Crippen molar-refractivity contribution in [3.05, 3.63) is 63.4 Å². The highest BCUT2D eigenvalue weighted by atomic mass is 35.5. The summed E-state index contributed by atoms with van der Waals surface area (Å²) in [6.45, 7) is 1.91. The van der Waals surface area contributed by atoms with Crippen molar-refractivity contribution >= 4 is 40.8 Å². The summed E-state index contributed by atoms with van der Waals surface area (Å²) in [5.74, 6) is -2.24. The molecule has 1 unspecified atom stereocenters. The number of nitrogens with one attached hydrogen (secondary N) is 2. The zero-order valence-corrected chi connectivity index (χ0v) is 19.0. The number of esters is 1. The Hall–Kier alpha value is -2.15. The van der Waals surface area contributed by atoms with E-state index >= 15 is 4.39 Å². The summed E-state index contributed by atoms with van der Waals surface area (Å²) >= 11 is 12.4. The quantitative estimate of drug-likeness (QED) is 0.614. The van der Waals surface area contributed by atoms with E-state index in [0.29, 0.717) is 23.6 Å². The maximum Gasteiger partial charge on any atom is 0.323 e. The van der Waals surface area contributed by atoms with E-state index in [1.807, 2.05) is 6.07 Å². The summed E-state index contributed by atoms with van der Waals surface area (Å²) in [5, 5.41) is 6.90. The predicted molar refractivity (Wildman–Crippen MR) is 121 cm³/mol. The highest BCUT2D eigenvalue weighted by Gasteiger charge is 2.73. The molecule has 2 aliphatic heterocycles. The van der Waals surface area contributed by atoms with Crippen molar-refractivity contribution in [1.29, 1.82) is 0 Å². The Kier molecular flexibility index (Phi) is 5.23. The molecule has 2 spiro atoms. The van der Waals surface area contributed by atoms with Gasteiger partial charge in [0.05, 0.1) is 11.6 Å². The smallest absolute Gasteiger partial charge is 0.323 e. The highest BCUT2D eigenvalue weighted by molar-refractivity contribution is 6.31. The van der Waals surface area contributed by atoms with Gasteiger partial charge in [-0.15, -0.1) is 0 Å². The summed E-state index contributed by atoms with van der Waals surface area (Å²) in [4.78, 5) is 27.1. The molecule has 168 valence electrons. The van der Waals surface area contributed by atoms with Gasteiger partial charge in [-0.1, -0.05) is 54.2 Å². The fourth-order valence-electron chi connectivity index (χ4n) is 6.25. The SMILES string of the molecule is CCOC(=O)C1NC2(CCCC2)[C@@]2(C(=O)Nc3cc(Cl)ccc32)[C@H]1c1cccc(Cl)c1F. The largest absolute Gasteiger partial charge is 0.465 e. The van der Waals surface area contributed by atoms with Gasteiger partial charge in [-0.2, -0.15) is 0 Å². The predicted octanol–water partition coefficient (Wildman–Crippen LogP) is 4.95. The summed E-state index contributed by atoms with van der Waals surface area (Å²) in [5.41, 5.74) is -0.408. The normalized spacial score (nSPS) is 27.7. The van der Waals surface area contributed by atoms with Crippen molar-refractivity contribution in [2.24, 2.45) is 0 Å². The van der Waals surface area contributed by atoms with Crippen LogP contribution in [0, 0.1) is 5.82 Å². The van der Waals surface area contributed by atoms with Gasteiger partial charge in [0.2, 0.25) is 5.91 Å².